The van der Waals surface area contributed by atoms with Crippen LogP contribution in [-0.4, -0.2) is 41.5 Å². The van der Waals surface area contributed by atoms with E-state index in [0.29, 0.717) is 12.4 Å². The Morgan fingerprint density at radius 1 is 1.47 bits per heavy atom. The van der Waals surface area contributed by atoms with Crippen molar-refractivity contribution >= 4 is 17.7 Å². The lowest BCUT2D eigenvalue weighted by Crippen LogP contribution is -2.38. The number of ether oxygens (including phenoxy) is 1. The lowest BCUT2D eigenvalue weighted by atomic mass is 10.3. The Hall–Kier alpha value is -2.18. The van der Waals surface area contributed by atoms with Crippen molar-refractivity contribution in [2.45, 2.75) is 26.3 Å². The Morgan fingerprint density at radius 2 is 2.21 bits per heavy atom. The Morgan fingerprint density at radius 3 is 2.84 bits per heavy atom. The molecule has 1 atom stereocenters. The molecule has 0 aliphatic carbocycles. The highest BCUT2D eigenvalue weighted by Gasteiger charge is 2.14. The molecule has 1 rings (SSSR count). The van der Waals surface area contributed by atoms with Crippen LogP contribution in [0.4, 0.5) is 5.82 Å². The van der Waals surface area contributed by atoms with Crippen LogP contribution < -0.4 is 10.6 Å². The molecule has 2 N–H and O–H groups in total. The van der Waals surface area contributed by atoms with Crippen LogP contribution in [0.25, 0.3) is 0 Å². The smallest absolute Gasteiger partial charge is 0.376 e. The summed E-state index contributed by atoms with van der Waals surface area (Å²) in [5.41, 5.74) is 0. The minimum atomic E-state index is -0.619. The third kappa shape index (κ3) is 4.53. The van der Waals surface area contributed by atoms with Gasteiger partial charge in [-0.15, -0.1) is 0 Å². The van der Waals surface area contributed by atoms with E-state index in [1.165, 1.54) is 13.3 Å². The van der Waals surface area contributed by atoms with Crippen molar-refractivity contribution in [2.75, 3.05) is 19.0 Å². The summed E-state index contributed by atoms with van der Waals surface area (Å²) in [5, 5.41) is 5.66. The van der Waals surface area contributed by atoms with Crippen LogP contribution >= 0.6 is 0 Å². The highest BCUT2D eigenvalue weighted by Crippen LogP contribution is 2.05. The average Bonchev–Trinajstić information content (AvgIpc) is 2.44. The summed E-state index contributed by atoms with van der Waals surface area (Å²) in [7, 11) is 1.26. The molecule has 0 aliphatic rings. The highest BCUT2D eigenvalue weighted by atomic mass is 16.5. The van der Waals surface area contributed by atoms with Gasteiger partial charge in [-0.1, -0.05) is 6.92 Å². The molecule has 0 saturated heterocycles. The molecule has 7 heteroatoms. The predicted octanol–water partition coefficient (Wildman–Crippen LogP) is 0.590. The minimum absolute atomic E-state index is 0.0475. The number of anilines is 1. The van der Waals surface area contributed by atoms with E-state index in [0.717, 1.165) is 6.42 Å². The van der Waals surface area contributed by atoms with Crippen molar-refractivity contribution in [3.05, 3.63) is 18.1 Å². The summed E-state index contributed by atoms with van der Waals surface area (Å²) in [4.78, 5) is 30.7. The van der Waals surface area contributed by atoms with Crippen molar-refractivity contribution in [3.63, 3.8) is 0 Å². The standard InChI is InChI=1S/C12H18N4O3/c1-4-6-14-11(17)8(2)15-9-5-7-13-10(16-9)12(18)19-3/h5,7-8H,4,6H2,1-3H3,(H,14,17)(H,13,15,16). The fourth-order valence-corrected chi connectivity index (χ4v) is 1.32. The number of carbonyl (C=O) groups is 2. The lowest BCUT2D eigenvalue weighted by molar-refractivity contribution is -0.121. The number of hydrogen-bond acceptors (Lipinski definition) is 6. The van der Waals surface area contributed by atoms with Crippen LogP contribution in [0.3, 0.4) is 0 Å². The molecule has 1 heterocycles. The van der Waals surface area contributed by atoms with E-state index in [1.54, 1.807) is 13.0 Å². The number of rotatable bonds is 6. The maximum absolute atomic E-state index is 11.7. The first-order valence-electron chi connectivity index (χ1n) is 6.04. The number of nitrogens with zero attached hydrogens (tertiary/aromatic N) is 2. The zero-order valence-corrected chi connectivity index (χ0v) is 11.3. The van der Waals surface area contributed by atoms with E-state index >= 15 is 0 Å². The van der Waals surface area contributed by atoms with Crippen molar-refractivity contribution < 1.29 is 14.3 Å². The van der Waals surface area contributed by atoms with E-state index in [-0.39, 0.29) is 11.7 Å². The summed E-state index contributed by atoms with van der Waals surface area (Å²) < 4.78 is 4.53. The monoisotopic (exact) mass is 266 g/mol. The fraction of sp³-hybridized carbons (Fsp3) is 0.500. The van der Waals surface area contributed by atoms with Gasteiger partial charge in [0, 0.05) is 12.7 Å². The van der Waals surface area contributed by atoms with Gasteiger partial charge in [0.1, 0.15) is 11.9 Å². The van der Waals surface area contributed by atoms with Gasteiger partial charge in [0.05, 0.1) is 7.11 Å². The molecular weight excluding hydrogens is 248 g/mol. The normalized spacial score (nSPS) is 11.5. The Labute approximate surface area is 111 Å². The van der Waals surface area contributed by atoms with Crippen LogP contribution in [0.1, 0.15) is 30.9 Å². The molecule has 0 saturated carbocycles. The summed E-state index contributed by atoms with van der Waals surface area (Å²) in [6.07, 6.45) is 2.30. The second kappa shape index (κ2) is 7.30. The Balaban J connectivity index is 2.66. The third-order valence-electron chi connectivity index (χ3n) is 2.33. The van der Waals surface area contributed by atoms with E-state index in [9.17, 15) is 9.59 Å². The summed E-state index contributed by atoms with van der Waals surface area (Å²) >= 11 is 0. The molecular formula is C12H18N4O3. The SMILES string of the molecule is CCCNC(=O)C(C)Nc1ccnc(C(=O)OC)n1. The zero-order chi connectivity index (χ0) is 14.3. The largest absolute Gasteiger partial charge is 0.463 e. The second-order valence-electron chi connectivity index (χ2n) is 3.91. The van der Waals surface area contributed by atoms with Crippen LogP contribution in [-0.2, 0) is 9.53 Å². The molecule has 0 bridgehead atoms. The molecule has 1 amide bonds. The first-order chi connectivity index (χ1) is 9.08. The molecule has 0 aromatic carbocycles. The van der Waals surface area contributed by atoms with Crippen LogP contribution in [0.5, 0.6) is 0 Å². The van der Waals surface area contributed by atoms with E-state index in [1.807, 2.05) is 6.92 Å². The topological polar surface area (TPSA) is 93.2 Å². The first-order valence-corrected chi connectivity index (χ1v) is 6.04. The van der Waals surface area contributed by atoms with Gasteiger partial charge in [0.25, 0.3) is 0 Å². The number of esters is 1. The van der Waals surface area contributed by atoms with Gasteiger partial charge >= 0.3 is 5.97 Å². The molecule has 104 valence electrons. The van der Waals surface area contributed by atoms with E-state index in [4.69, 9.17) is 0 Å². The van der Waals surface area contributed by atoms with Gasteiger partial charge in [-0.2, -0.15) is 0 Å². The van der Waals surface area contributed by atoms with Crippen molar-refractivity contribution in [1.29, 1.82) is 0 Å². The molecule has 0 fully saturated rings. The molecule has 0 radical (unpaired) electrons. The lowest BCUT2D eigenvalue weighted by Gasteiger charge is -2.14. The average molecular weight is 266 g/mol. The number of amides is 1. The fourth-order valence-electron chi connectivity index (χ4n) is 1.32. The Kier molecular flexibility index (Phi) is 5.72. The summed E-state index contributed by atoms with van der Waals surface area (Å²) in [6.45, 7) is 4.32. The molecule has 7 nitrogen and oxygen atoms in total. The second-order valence-corrected chi connectivity index (χ2v) is 3.91. The van der Waals surface area contributed by atoms with Crippen molar-refractivity contribution in [1.82, 2.24) is 15.3 Å². The number of hydrogen-bond donors (Lipinski definition) is 2. The molecule has 1 aromatic heterocycles. The number of aromatic nitrogens is 2. The van der Waals surface area contributed by atoms with Crippen molar-refractivity contribution in [2.24, 2.45) is 0 Å². The minimum Gasteiger partial charge on any atom is -0.463 e. The molecule has 1 aromatic rings. The maximum Gasteiger partial charge on any atom is 0.376 e. The Bertz CT molecular complexity index is 450. The van der Waals surface area contributed by atoms with Gasteiger partial charge < -0.3 is 15.4 Å². The van der Waals surface area contributed by atoms with Crippen LogP contribution in [0, 0.1) is 0 Å². The van der Waals surface area contributed by atoms with Gasteiger partial charge in [-0.05, 0) is 19.4 Å². The van der Waals surface area contributed by atoms with Gasteiger partial charge in [-0.3, -0.25) is 4.79 Å². The molecule has 0 spiro atoms. The predicted molar refractivity (Wildman–Crippen MR) is 69.8 cm³/mol. The van der Waals surface area contributed by atoms with Crippen LogP contribution in [0.15, 0.2) is 12.3 Å². The van der Waals surface area contributed by atoms with Gasteiger partial charge in [0.15, 0.2) is 0 Å². The first kappa shape index (κ1) is 14.9. The van der Waals surface area contributed by atoms with Gasteiger partial charge in [0.2, 0.25) is 11.7 Å². The summed E-state index contributed by atoms with van der Waals surface area (Å²) in [5.74, 6) is -0.393. The maximum atomic E-state index is 11.7. The number of methoxy groups -OCH3 is 1. The highest BCUT2D eigenvalue weighted by molar-refractivity contribution is 5.86. The van der Waals surface area contributed by atoms with Gasteiger partial charge in [-0.25, -0.2) is 14.8 Å². The van der Waals surface area contributed by atoms with E-state index in [2.05, 4.69) is 25.3 Å². The number of nitrogens with one attached hydrogen (secondary N) is 2. The number of carbonyl (C=O) groups excluding carboxylic acids is 2. The molecule has 19 heavy (non-hydrogen) atoms. The van der Waals surface area contributed by atoms with Crippen LogP contribution in [0.2, 0.25) is 0 Å². The zero-order valence-electron chi connectivity index (χ0n) is 11.3. The third-order valence-corrected chi connectivity index (χ3v) is 2.33. The van der Waals surface area contributed by atoms with E-state index < -0.39 is 12.0 Å². The molecule has 0 aliphatic heterocycles. The van der Waals surface area contributed by atoms with Crippen molar-refractivity contribution in [3.8, 4) is 0 Å². The summed E-state index contributed by atoms with van der Waals surface area (Å²) in [6, 6.07) is 1.13. The molecule has 1 unspecified atom stereocenters. The quantitative estimate of drug-likeness (QED) is 0.732.